The summed E-state index contributed by atoms with van der Waals surface area (Å²) >= 11 is 0. The molecular weight excluding hydrogens is 362 g/mol. The van der Waals surface area contributed by atoms with E-state index in [0.717, 1.165) is 17.5 Å². The largest absolute Gasteiger partial charge is 0.481 e. The molecule has 10 heteroatoms. The van der Waals surface area contributed by atoms with E-state index < -0.39 is 23.3 Å². The average molecular weight is 383 g/mol. The zero-order valence-electron chi connectivity index (χ0n) is 15.4. The topological polar surface area (TPSA) is 141 Å². The number of nitrogens with two attached hydrogens (primary N) is 1. The molecule has 1 aliphatic rings. The lowest BCUT2D eigenvalue weighted by Gasteiger charge is -2.44. The summed E-state index contributed by atoms with van der Waals surface area (Å²) < 4.78 is 3.41. The number of hydrogen-bond donors (Lipinski definition) is 3. The summed E-state index contributed by atoms with van der Waals surface area (Å²) in [6, 6.07) is 1.21. The maximum Gasteiger partial charge on any atom is 0.311 e. The summed E-state index contributed by atoms with van der Waals surface area (Å²) in [6.45, 7) is 0. The van der Waals surface area contributed by atoms with E-state index in [1.54, 1.807) is 41.1 Å². The fourth-order valence-corrected chi connectivity index (χ4v) is 3.86. The molecule has 3 aromatic heterocycles. The highest BCUT2D eigenvalue weighted by atomic mass is 16.4. The summed E-state index contributed by atoms with van der Waals surface area (Å²) in [5, 5.41) is 17.8. The fraction of sp³-hybridized carbons (Fsp3) is 0.389. The number of carbonyl (C=O) groups excluding carboxylic acids is 1. The second-order valence-electron chi connectivity index (χ2n) is 7.22. The Bertz CT molecular complexity index is 1050. The lowest BCUT2D eigenvalue weighted by atomic mass is 9.63. The van der Waals surface area contributed by atoms with E-state index in [4.69, 9.17) is 5.73 Å². The molecule has 28 heavy (non-hydrogen) atoms. The van der Waals surface area contributed by atoms with Crippen molar-refractivity contribution in [2.24, 2.45) is 18.2 Å². The number of anilines is 2. The van der Waals surface area contributed by atoms with Gasteiger partial charge in [-0.25, -0.2) is 4.98 Å². The first-order valence-corrected chi connectivity index (χ1v) is 9.00. The smallest absolute Gasteiger partial charge is 0.311 e. The summed E-state index contributed by atoms with van der Waals surface area (Å²) in [7, 11) is 1.80. The van der Waals surface area contributed by atoms with Crippen LogP contribution in [0.1, 0.15) is 31.7 Å². The molecule has 1 unspecified atom stereocenters. The molecule has 146 valence electrons. The first-order valence-electron chi connectivity index (χ1n) is 9.00. The number of aliphatic carboxylic acids is 1. The molecule has 0 radical (unpaired) electrons. The summed E-state index contributed by atoms with van der Waals surface area (Å²) in [5.74, 6) is -1.09. The van der Waals surface area contributed by atoms with Crippen LogP contribution in [0.4, 0.5) is 11.6 Å². The molecule has 1 amide bonds. The summed E-state index contributed by atoms with van der Waals surface area (Å²) in [4.78, 5) is 32.6. The van der Waals surface area contributed by atoms with Gasteiger partial charge in [-0.05, 0) is 18.9 Å². The van der Waals surface area contributed by atoms with Gasteiger partial charge in [0, 0.05) is 37.4 Å². The Kier molecular flexibility index (Phi) is 4.25. The van der Waals surface area contributed by atoms with Crippen LogP contribution in [0.15, 0.2) is 30.9 Å². The van der Waals surface area contributed by atoms with E-state index in [2.05, 4.69) is 20.4 Å². The minimum Gasteiger partial charge on any atom is -0.481 e. The van der Waals surface area contributed by atoms with Gasteiger partial charge in [0.1, 0.15) is 5.65 Å². The van der Waals surface area contributed by atoms with E-state index in [1.807, 2.05) is 6.07 Å². The van der Waals surface area contributed by atoms with Crippen LogP contribution in [0, 0.1) is 5.41 Å². The zero-order chi connectivity index (χ0) is 19.9. The van der Waals surface area contributed by atoms with Gasteiger partial charge in [0.25, 0.3) is 0 Å². The lowest BCUT2D eigenvalue weighted by Crippen LogP contribution is -2.46. The number of amides is 1. The van der Waals surface area contributed by atoms with E-state index >= 15 is 0 Å². The van der Waals surface area contributed by atoms with Gasteiger partial charge in [-0.2, -0.15) is 10.1 Å². The van der Waals surface area contributed by atoms with Gasteiger partial charge in [-0.1, -0.05) is 6.42 Å². The third-order valence-corrected chi connectivity index (χ3v) is 5.46. The van der Waals surface area contributed by atoms with Crippen molar-refractivity contribution in [3.8, 4) is 0 Å². The van der Waals surface area contributed by atoms with Crippen molar-refractivity contribution in [2.75, 3.05) is 5.32 Å². The normalized spacial score (nSPS) is 16.5. The number of primary amides is 1. The van der Waals surface area contributed by atoms with Gasteiger partial charge in [-0.3, -0.25) is 14.3 Å². The third-order valence-electron chi connectivity index (χ3n) is 5.46. The van der Waals surface area contributed by atoms with Gasteiger partial charge in [0.05, 0.1) is 23.3 Å². The number of aromatic nitrogens is 5. The molecule has 0 aliphatic heterocycles. The standard InChI is InChI=1S/C18H21N7O3/c1-24-10-12(9-21-24)22-17-20-8-11-3-6-25(15(11)23-17)13(7-14(19)26)18(16(27)28)4-2-5-18/h3,6,8-10,13H,2,4-5,7H2,1H3,(H2,19,26)(H,27,28)(H,20,22,23). The molecule has 4 N–H and O–H groups in total. The third kappa shape index (κ3) is 2.96. The van der Waals surface area contributed by atoms with Gasteiger partial charge in [0.2, 0.25) is 11.9 Å². The molecule has 3 heterocycles. The maximum atomic E-state index is 12.0. The average Bonchev–Trinajstić information content (AvgIpc) is 3.18. The van der Waals surface area contributed by atoms with Crippen molar-refractivity contribution in [1.82, 2.24) is 24.3 Å². The molecule has 3 aromatic rings. The molecule has 0 aromatic carbocycles. The van der Waals surface area contributed by atoms with Crippen LogP contribution < -0.4 is 11.1 Å². The van der Waals surface area contributed by atoms with Crippen molar-refractivity contribution in [2.45, 2.75) is 31.7 Å². The number of carboxylic acid groups (broad SMARTS) is 1. The molecule has 10 nitrogen and oxygen atoms in total. The number of nitrogens with zero attached hydrogens (tertiary/aromatic N) is 5. The minimum absolute atomic E-state index is 0.0640. The molecule has 1 aliphatic carbocycles. The SMILES string of the molecule is Cn1cc(Nc2ncc3ccn(C(CC(N)=O)C4(C(=O)O)CCC4)c3n2)cn1. The predicted octanol–water partition coefficient (Wildman–Crippen LogP) is 1.58. The first-order chi connectivity index (χ1) is 13.4. The predicted molar refractivity (Wildman–Crippen MR) is 101 cm³/mol. The quantitative estimate of drug-likeness (QED) is 0.562. The molecule has 1 saturated carbocycles. The Morgan fingerprint density at radius 3 is 2.75 bits per heavy atom. The Morgan fingerprint density at radius 1 is 1.39 bits per heavy atom. The fourth-order valence-electron chi connectivity index (χ4n) is 3.86. The van der Waals surface area contributed by atoms with Crippen molar-refractivity contribution in [1.29, 1.82) is 0 Å². The second kappa shape index (κ2) is 6.63. The number of nitrogens with one attached hydrogen (secondary N) is 1. The van der Waals surface area contributed by atoms with Crippen molar-refractivity contribution in [3.05, 3.63) is 30.9 Å². The summed E-state index contributed by atoms with van der Waals surface area (Å²) in [6.07, 6.45) is 8.61. The Balaban J connectivity index is 1.76. The number of rotatable bonds is 7. The van der Waals surface area contributed by atoms with Gasteiger partial charge in [-0.15, -0.1) is 0 Å². The molecule has 0 bridgehead atoms. The molecule has 0 saturated heterocycles. The molecular formula is C18H21N7O3. The molecule has 1 fully saturated rings. The molecule has 0 spiro atoms. The number of carbonyl (C=O) groups is 2. The van der Waals surface area contributed by atoms with E-state index in [9.17, 15) is 14.7 Å². The van der Waals surface area contributed by atoms with Gasteiger partial charge < -0.3 is 20.7 Å². The Hall–Kier alpha value is -3.43. The number of hydrogen-bond acceptors (Lipinski definition) is 6. The van der Waals surface area contributed by atoms with Crippen molar-refractivity contribution < 1.29 is 14.7 Å². The number of aryl methyl sites for hydroxylation is 1. The number of fused-ring (bicyclic) bond motifs is 1. The molecule has 4 rings (SSSR count). The van der Waals surface area contributed by atoms with Gasteiger partial charge >= 0.3 is 5.97 Å². The van der Waals surface area contributed by atoms with Crippen LogP contribution in [-0.4, -0.2) is 41.3 Å². The number of carboxylic acids is 1. The maximum absolute atomic E-state index is 12.0. The second-order valence-corrected chi connectivity index (χ2v) is 7.22. The van der Waals surface area contributed by atoms with E-state index in [0.29, 0.717) is 24.4 Å². The highest BCUT2D eigenvalue weighted by Crippen LogP contribution is 2.51. The van der Waals surface area contributed by atoms with Gasteiger partial charge in [0.15, 0.2) is 0 Å². The van der Waals surface area contributed by atoms with Crippen LogP contribution in [-0.2, 0) is 16.6 Å². The lowest BCUT2D eigenvalue weighted by molar-refractivity contribution is -0.159. The Morgan fingerprint density at radius 2 is 2.18 bits per heavy atom. The van der Waals surface area contributed by atoms with Crippen LogP contribution in [0.5, 0.6) is 0 Å². The highest BCUT2D eigenvalue weighted by Gasteiger charge is 2.52. The Labute approximate surface area is 160 Å². The van der Waals surface area contributed by atoms with Crippen molar-refractivity contribution >= 4 is 34.5 Å². The van der Waals surface area contributed by atoms with E-state index in [-0.39, 0.29) is 6.42 Å². The first kappa shape index (κ1) is 18.0. The summed E-state index contributed by atoms with van der Waals surface area (Å²) in [5.41, 5.74) is 5.73. The molecule has 1 atom stereocenters. The van der Waals surface area contributed by atoms with Crippen LogP contribution in [0.2, 0.25) is 0 Å². The van der Waals surface area contributed by atoms with Crippen LogP contribution >= 0.6 is 0 Å². The zero-order valence-corrected chi connectivity index (χ0v) is 15.4. The monoisotopic (exact) mass is 383 g/mol. The highest BCUT2D eigenvalue weighted by molar-refractivity contribution is 5.82. The van der Waals surface area contributed by atoms with Crippen molar-refractivity contribution in [3.63, 3.8) is 0 Å². The van der Waals surface area contributed by atoms with Crippen LogP contribution in [0.25, 0.3) is 11.0 Å². The van der Waals surface area contributed by atoms with Crippen LogP contribution in [0.3, 0.4) is 0 Å². The van der Waals surface area contributed by atoms with E-state index in [1.165, 1.54) is 0 Å². The minimum atomic E-state index is -1.01.